The molecule has 0 aromatic carbocycles. The average Bonchev–Trinajstić information content (AvgIpc) is 2.42. The van der Waals surface area contributed by atoms with Crippen LogP contribution in [0.5, 0.6) is 0 Å². The fraction of sp³-hybridized carbons (Fsp3) is 0.714. The molecule has 0 unspecified atom stereocenters. The molecule has 10 nitrogen and oxygen atoms in total. The van der Waals surface area contributed by atoms with E-state index in [1.54, 1.807) is 0 Å². The zero-order valence-electron chi connectivity index (χ0n) is 13.7. The summed E-state index contributed by atoms with van der Waals surface area (Å²) in [6.07, 6.45) is -7.32. The van der Waals surface area contributed by atoms with Crippen molar-refractivity contribution in [2.75, 3.05) is 6.61 Å². The van der Waals surface area contributed by atoms with Crippen molar-refractivity contribution in [2.45, 2.75) is 58.4 Å². The first-order valence-corrected chi connectivity index (χ1v) is 7.08. The summed E-state index contributed by atoms with van der Waals surface area (Å²) in [5.74, 6) is -2.98. The number of carbonyl (C=O) groups excluding carboxylic acids is 4. The maximum absolute atomic E-state index is 12.1. The molecule has 0 bridgehead atoms. The third-order valence-electron chi connectivity index (χ3n) is 2.95. The lowest BCUT2D eigenvalue weighted by Gasteiger charge is -2.47. The van der Waals surface area contributed by atoms with Crippen LogP contribution in [0.4, 0.5) is 0 Å². The third kappa shape index (κ3) is 5.78. The maximum atomic E-state index is 12.1. The Morgan fingerprint density at radius 2 is 1.25 bits per heavy atom. The van der Waals surface area contributed by atoms with Crippen molar-refractivity contribution in [3.8, 4) is 0 Å². The first kappa shape index (κ1) is 19.8. The Kier molecular flexibility index (Phi) is 7.11. The molecule has 0 aliphatic carbocycles. The maximum Gasteiger partial charge on any atom is 0.303 e. The molecule has 136 valence electrons. The molecule has 0 N–H and O–H groups in total. The normalized spacial score (nSPS) is 29.3. The first-order valence-electron chi connectivity index (χ1n) is 7.08. The van der Waals surface area contributed by atoms with Gasteiger partial charge in [0.15, 0.2) is 18.3 Å². The van der Waals surface area contributed by atoms with Crippen LogP contribution in [0.2, 0.25) is 0 Å². The molecule has 1 aliphatic heterocycles. The van der Waals surface area contributed by atoms with Crippen molar-refractivity contribution < 1.29 is 48.0 Å². The van der Waals surface area contributed by atoms with Gasteiger partial charge in [-0.2, -0.15) is 0 Å². The second kappa shape index (κ2) is 8.60. The predicted molar refractivity (Wildman–Crippen MR) is 72.0 cm³/mol. The Labute approximate surface area is 137 Å². The highest BCUT2D eigenvalue weighted by Crippen LogP contribution is 2.27. The second-order valence-corrected chi connectivity index (χ2v) is 5.07. The molecule has 24 heavy (non-hydrogen) atoms. The molecule has 0 amide bonds. The fourth-order valence-corrected chi connectivity index (χ4v) is 2.19. The molecule has 0 aromatic heterocycles. The van der Waals surface area contributed by atoms with Crippen LogP contribution in [-0.2, 0) is 42.9 Å². The molecule has 0 aromatic rings. The number of carbonyl (C=O) groups is 4. The SMILES string of the molecule is CC(=O)OC[C@H]1O[C@@H]([O-])[C@H](OC(C)=O)[C@@H](OC(C)=O)[C@@H]1OC(C)=O. The third-order valence-corrected chi connectivity index (χ3v) is 2.95. The van der Waals surface area contributed by atoms with Gasteiger partial charge in [-0.1, -0.05) is 0 Å². The first-order chi connectivity index (χ1) is 11.1. The van der Waals surface area contributed by atoms with E-state index in [0.29, 0.717) is 0 Å². The van der Waals surface area contributed by atoms with E-state index < -0.39 is 61.2 Å². The highest BCUT2D eigenvalue weighted by Gasteiger charge is 2.48. The molecule has 10 heteroatoms. The summed E-state index contributed by atoms with van der Waals surface area (Å²) in [5.41, 5.74) is 0. The zero-order chi connectivity index (χ0) is 18.4. The second-order valence-electron chi connectivity index (χ2n) is 5.07. The van der Waals surface area contributed by atoms with Crippen molar-refractivity contribution in [2.24, 2.45) is 0 Å². The van der Waals surface area contributed by atoms with Gasteiger partial charge in [-0.3, -0.25) is 19.2 Å². The van der Waals surface area contributed by atoms with Gasteiger partial charge >= 0.3 is 23.9 Å². The predicted octanol–water partition coefficient (Wildman–Crippen LogP) is -1.57. The number of hydrogen-bond acceptors (Lipinski definition) is 10. The Morgan fingerprint density at radius 1 is 0.792 bits per heavy atom. The summed E-state index contributed by atoms with van der Waals surface area (Å²) >= 11 is 0. The van der Waals surface area contributed by atoms with Crippen molar-refractivity contribution in [1.82, 2.24) is 0 Å². The molecule has 1 aliphatic rings. The largest absolute Gasteiger partial charge is 0.828 e. The van der Waals surface area contributed by atoms with Crippen LogP contribution < -0.4 is 5.11 Å². The van der Waals surface area contributed by atoms with Crippen LogP contribution in [0, 0.1) is 0 Å². The molecular weight excluding hydrogens is 328 g/mol. The molecule has 1 heterocycles. The van der Waals surface area contributed by atoms with Crippen molar-refractivity contribution in [3.05, 3.63) is 0 Å². The summed E-state index contributed by atoms with van der Waals surface area (Å²) in [5, 5.41) is 12.1. The Bertz CT molecular complexity index is 502. The quantitative estimate of drug-likeness (QED) is 0.423. The van der Waals surface area contributed by atoms with E-state index in [4.69, 9.17) is 23.7 Å². The van der Waals surface area contributed by atoms with E-state index in [1.807, 2.05) is 0 Å². The van der Waals surface area contributed by atoms with E-state index in [0.717, 1.165) is 27.7 Å². The van der Waals surface area contributed by atoms with Gasteiger partial charge in [-0.05, 0) is 0 Å². The van der Waals surface area contributed by atoms with Crippen LogP contribution in [0.15, 0.2) is 0 Å². The van der Waals surface area contributed by atoms with Crippen molar-refractivity contribution >= 4 is 23.9 Å². The minimum atomic E-state index is -1.93. The lowest BCUT2D eigenvalue weighted by Crippen LogP contribution is -2.65. The number of ether oxygens (including phenoxy) is 5. The van der Waals surface area contributed by atoms with E-state index in [-0.39, 0.29) is 0 Å². The Balaban J connectivity index is 3.11. The average molecular weight is 347 g/mol. The summed E-state index contributed by atoms with van der Waals surface area (Å²) < 4.78 is 24.8. The Morgan fingerprint density at radius 3 is 1.71 bits per heavy atom. The van der Waals surface area contributed by atoms with Crippen LogP contribution in [0.25, 0.3) is 0 Å². The van der Waals surface area contributed by atoms with Gasteiger partial charge < -0.3 is 28.8 Å². The van der Waals surface area contributed by atoms with Crippen LogP contribution >= 0.6 is 0 Å². The highest BCUT2D eigenvalue weighted by atomic mass is 16.7. The minimum absolute atomic E-state index is 0.406. The topological polar surface area (TPSA) is 137 Å². The van der Waals surface area contributed by atoms with E-state index in [1.165, 1.54) is 0 Å². The summed E-state index contributed by atoms with van der Waals surface area (Å²) in [6, 6.07) is 0. The molecule has 0 radical (unpaired) electrons. The Hall–Kier alpha value is -2.20. The van der Waals surface area contributed by atoms with Gasteiger partial charge in [0.25, 0.3) is 0 Å². The smallest absolute Gasteiger partial charge is 0.303 e. The van der Waals surface area contributed by atoms with Crippen LogP contribution in [0.3, 0.4) is 0 Å². The van der Waals surface area contributed by atoms with Crippen LogP contribution in [-0.4, -0.2) is 61.2 Å². The summed E-state index contributed by atoms with van der Waals surface area (Å²) in [6.45, 7) is 3.97. The molecule has 1 fully saturated rings. The molecule has 1 rings (SSSR count). The lowest BCUT2D eigenvalue weighted by molar-refractivity contribution is -0.531. The molecule has 0 saturated carbocycles. The molecule has 1 saturated heterocycles. The van der Waals surface area contributed by atoms with Gasteiger partial charge in [0.1, 0.15) is 12.7 Å². The van der Waals surface area contributed by atoms with Gasteiger partial charge in [0, 0.05) is 34.0 Å². The number of hydrogen-bond donors (Lipinski definition) is 0. The van der Waals surface area contributed by atoms with Gasteiger partial charge in [-0.15, -0.1) is 0 Å². The van der Waals surface area contributed by atoms with Gasteiger partial charge in [0.05, 0.1) is 0 Å². The molecular formula is C14H19O10-. The number of esters is 4. The van der Waals surface area contributed by atoms with Gasteiger partial charge in [-0.25, -0.2) is 0 Å². The monoisotopic (exact) mass is 347 g/mol. The van der Waals surface area contributed by atoms with E-state index >= 15 is 0 Å². The van der Waals surface area contributed by atoms with E-state index in [2.05, 4.69) is 0 Å². The van der Waals surface area contributed by atoms with Gasteiger partial charge in [0.2, 0.25) is 0 Å². The van der Waals surface area contributed by atoms with Crippen LogP contribution in [0.1, 0.15) is 27.7 Å². The lowest BCUT2D eigenvalue weighted by atomic mass is 9.98. The fourth-order valence-electron chi connectivity index (χ4n) is 2.19. The van der Waals surface area contributed by atoms with E-state index in [9.17, 15) is 24.3 Å². The summed E-state index contributed by atoms with van der Waals surface area (Å²) in [4.78, 5) is 44.8. The van der Waals surface area contributed by atoms with Crippen molar-refractivity contribution in [1.29, 1.82) is 0 Å². The highest BCUT2D eigenvalue weighted by molar-refractivity contribution is 5.68. The number of rotatable bonds is 5. The standard InChI is InChI=1S/C14H19O10/c1-6(15)20-5-10-11(21-7(2)16)12(22-8(3)17)13(14(19)24-10)23-9(4)18/h10-14H,5H2,1-4H3/q-1/t10-,11-,12+,13-,14-/m1/s1. The zero-order valence-corrected chi connectivity index (χ0v) is 13.7. The molecule has 5 atom stereocenters. The summed E-state index contributed by atoms with van der Waals surface area (Å²) in [7, 11) is 0. The van der Waals surface area contributed by atoms with Crippen molar-refractivity contribution in [3.63, 3.8) is 0 Å². The minimum Gasteiger partial charge on any atom is -0.828 e. The molecule has 0 spiro atoms.